The fourth-order valence-corrected chi connectivity index (χ4v) is 3.12. The maximum Gasteiger partial charge on any atom is 0.291 e. The lowest BCUT2D eigenvalue weighted by Crippen LogP contribution is -2.35. The Kier molecular flexibility index (Phi) is 5.20. The molecule has 0 saturated heterocycles. The molecule has 114 valence electrons. The van der Waals surface area contributed by atoms with E-state index in [4.69, 9.17) is 11.1 Å². The Morgan fingerprint density at radius 3 is 2.67 bits per heavy atom. The lowest BCUT2D eigenvalue weighted by atomic mass is 10.3. The Morgan fingerprint density at radius 1 is 1.57 bits per heavy atom. The molecule has 21 heavy (non-hydrogen) atoms. The van der Waals surface area contributed by atoms with Crippen LogP contribution in [0.15, 0.2) is 23.1 Å². The number of hydrazine groups is 1. The van der Waals surface area contributed by atoms with Crippen LogP contribution in [0.2, 0.25) is 0 Å². The van der Waals surface area contributed by atoms with Gasteiger partial charge in [-0.1, -0.05) is 0 Å². The zero-order valence-electron chi connectivity index (χ0n) is 11.5. The zero-order valence-corrected chi connectivity index (χ0v) is 12.3. The number of nitrogens with zero attached hydrogens (tertiary/aromatic N) is 3. The van der Waals surface area contributed by atoms with Crippen molar-refractivity contribution in [1.29, 1.82) is 5.26 Å². The smallest absolute Gasteiger partial charge is 0.291 e. The van der Waals surface area contributed by atoms with Gasteiger partial charge in [0.25, 0.3) is 5.69 Å². The van der Waals surface area contributed by atoms with Gasteiger partial charge < -0.3 is 5.43 Å². The van der Waals surface area contributed by atoms with E-state index >= 15 is 0 Å². The van der Waals surface area contributed by atoms with E-state index in [-0.39, 0.29) is 12.1 Å². The summed E-state index contributed by atoms with van der Waals surface area (Å²) in [5, 5.41) is 19.7. The van der Waals surface area contributed by atoms with Crippen molar-refractivity contribution in [3.8, 4) is 6.07 Å². The normalized spacial score (nSPS) is 12.7. The van der Waals surface area contributed by atoms with Gasteiger partial charge in [0.2, 0.25) is 10.0 Å². The highest BCUT2D eigenvalue weighted by Gasteiger charge is 2.32. The van der Waals surface area contributed by atoms with Crippen molar-refractivity contribution in [1.82, 2.24) is 4.31 Å². The van der Waals surface area contributed by atoms with Gasteiger partial charge in [-0.2, -0.15) is 9.57 Å². The zero-order chi connectivity index (χ0) is 16.2. The first kappa shape index (κ1) is 16.8. The monoisotopic (exact) mass is 313 g/mol. The number of rotatable bonds is 6. The number of hydrogen-bond donors (Lipinski definition) is 2. The summed E-state index contributed by atoms with van der Waals surface area (Å²) in [5.74, 6) is 5.16. The maximum atomic E-state index is 12.4. The Labute approximate surface area is 122 Å². The van der Waals surface area contributed by atoms with Crippen molar-refractivity contribution in [3.63, 3.8) is 0 Å². The molecule has 0 saturated carbocycles. The van der Waals surface area contributed by atoms with Gasteiger partial charge in [-0.3, -0.25) is 16.0 Å². The molecule has 3 N–H and O–H groups in total. The number of sulfonamides is 1. The van der Waals surface area contributed by atoms with Crippen LogP contribution >= 0.6 is 0 Å². The van der Waals surface area contributed by atoms with Gasteiger partial charge in [-0.25, -0.2) is 8.42 Å². The Balaban J connectivity index is 3.38. The average molecular weight is 313 g/mol. The van der Waals surface area contributed by atoms with Crippen LogP contribution in [0.1, 0.15) is 13.3 Å². The molecule has 0 spiro atoms. The highest BCUT2D eigenvalue weighted by molar-refractivity contribution is 7.89. The first-order valence-electron chi connectivity index (χ1n) is 5.85. The second-order valence-electron chi connectivity index (χ2n) is 4.32. The summed E-state index contributed by atoms with van der Waals surface area (Å²) in [4.78, 5) is 9.82. The predicted octanol–water partition coefficient (Wildman–Crippen LogP) is 0.803. The molecule has 1 atom stereocenters. The van der Waals surface area contributed by atoms with Crippen molar-refractivity contribution < 1.29 is 13.3 Å². The van der Waals surface area contributed by atoms with Crippen LogP contribution in [0.4, 0.5) is 11.4 Å². The maximum absolute atomic E-state index is 12.4. The number of nitrogens with two attached hydrogens (primary N) is 1. The molecule has 0 amide bonds. The lowest BCUT2D eigenvalue weighted by Gasteiger charge is -2.22. The van der Waals surface area contributed by atoms with Crippen LogP contribution in [-0.4, -0.2) is 30.7 Å². The molecule has 0 aromatic heterocycles. The molecule has 0 aliphatic rings. The number of nitrogens with one attached hydrogen (secondary N) is 1. The predicted molar refractivity (Wildman–Crippen MR) is 75.5 cm³/mol. The number of hydrogen-bond acceptors (Lipinski definition) is 7. The minimum Gasteiger partial charge on any atom is -0.324 e. The largest absolute Gasteiger partial charge is 0.324 e. The highest BCUT2D eigenvalue weighted by Crippen LogP contribution is 2.29. The van der Waals surface area contributed by atoms with Crippen molar-refractivity contribution in [2.24, 2.45) is 5.84 Å². The van der Waals surface area contributed by atoms with Crippen molar-refractivity contribution in [2.45, 2.75) is 24.3 Å². The van der Waals surface area contributed by atoms with E-state index in [1.165, 1.54) is 13.1 Å². The SMILES string of the molecule is CC(CC#N)N(C)S(=O)(=O)c1ccc(NN)cc1[N+](=O)[O-]. The topological polar surface area (TPSA) is 142 Å². The fourth-order valence-electron chi connectivity index (χ4n) is 1.62. The van der Waals surface area contributed by atoms with Crippen LogP contribution in [0.3, 0.4) is 0 Å². The molecule has 0 heterocycles. The van der Waals surface area contributed by atoms with Gasteiger partial charge in [-0.15, -0.1) is 0 Å². The summed E-state index contributed by atoms with van der Waals surface area (Å²) < 4.78 is 25.8. The molecule has 1 aromatic rings. The van der Waals surface area contributed by atoms with E-state index in [1.807, 2.05) is 6.07 Å². The summed E-state index contributed by atoms with van der Waals surface area (Å²) in [6.07, 6.45) is -0.0219. The molecule has 1 unspecified atom stereocenters. The van der Waals surface area contributed by atoms with E-state index in [0.717, 1.165) is 16.4 Å². The van der Waals surface area contributed by atoms with Crippen LogP contribution < -0.4 is 11.3 Å². The fraction of sp³-hybridized carbons (Fsp3) is 0.364. The second-order valence-corrected chi connectivity index (χ2v) is 6.28. The number of nitriles is 1. The number of nitro groups is 1. The van der Waals surface area contributed by atoms with Gasteiger partial charge in [-0.05, 0) is 19.1 Å². The Morgan fingerprint density at radius 2 is 2.19 bits per heavy atom. The van der Waals surface area contributed by atoms with E-state index in [0.29, 0.717) is 0 Å². The van der Waals surface area contributed by atoms with Gasteiger partial charge in [0.15, 0.2) is 4.90 Å². The molecule has 10 heteroatoms. The highest BCUT2D eigenvalue weighted by atomic mass is 32.2. The van der Waals surface area contributed by atoms with Crippen molar-refractivity contribution in [3.05, 3.63) is 28.3 Å². The molecule has 0 radical (unpaired) electrons. The Bertz CT molecular complexity index is 682. The van der Waals surface area contributed by atoms with Gasteiger partial charge in [0, 0.05) is 19.2 Å². The average Bonchev–Trinajstić information content (AvgIpc) is 2.45. The van der Waals surface area contributed by atoms with E-state index in [9.17, 15) is 18.5 Å². The quantitative estimate of drug-likeness (QED) is 0.449. The third kappa shape index (κ3) is 3.46. The van der Waals surface area contributed by atoms with E-state index in [1.54, 1.807) is 6.92 Å². The minimum atomic E-state index is -4.09. The molecule has 0 aliphatic carbocycles. The standard InChI is InChI=1S/C11H15N5O4S/c1-8(5-6-12)15(2)21(19,20)11-4-3-9(14-13)7-10(11)16(17)18/h3-4,7-8,14H,5,13H2,1-2H3. The summed E-state index contributed by atoms with van der Waals surface area (Å²) in [6, 6.07) is 4.73. The number of nitrogen functional groups attached to an aromatic ring is 1. The molecular weight excluding hydrogens is 298 g/mol. The van der Waals surface area contributed by atoms with Crippen molar-refractivity contribution >= 4 is 21.4 Å². The first-order valence-corrected chi connectivity index (χ1v) is 7.29. The van der Waals surface area contributed by atoms with Gasteiger partial charge >= 0.3 is 0 Å². The Hall–Kier alpha value is -2.22. The number of anilines is 1. The first-order chi connectivity index (χ1) is 9.75. The summed E-state index contributed by atoms with van der Waals surface area (Å²) in [6.45, 7) is 1.54. The molecule has 0 aliphatic heterocycles. The van der Waals surface area contributed by atoms with Crippen LogP contribution in [-0.2, 0) is 10.0 Å². The third-order valence-corrected chi connectivity index (χ3v) is 5.01. The summed E-state index contributed by atoms with van der Waals surface area (Å²) in [7, 11) is -2.82. The lowest BCUT2D eigenvalue weighted by molar-refractivity contribution is -0.387. The third-order valence-electron chi connectivity index (χ3n) is 2.99. The molecular formula is C11H15N5O4S. The van der Waals surface area contributed by atoms with Crippen molar-refractivity contribution in [2.75, 3.05) is 12.5 Å². The second kappa shape index (κ2) is 6.49. The molecule has 1 aromatic carbocycles. The summed E-state index contributed by atoms with van der Waals surface area (Å²) in [5.41, 5.74) is 1.85. The van der Waals surface area contributed by atoms with Crippen LogP contribution in [0.25, 0.3) is 0 Å². The molecule has 9 nitrogen and oxygen atoms in total. The number of nitro benzene ring substituents is 1. The van der Waals surface area contributed by atoms with E-state index < -0.39 is 31.6 Å². The van der Waals surface area contributed by atoms with E-state index in [2.05, 4.69) is 5.43 Å². The number of benzene rings is 1. The van der Waals surface area contributed by atoms with Gasteiger partial charge in [0.1, 0.15) is 0 Å². The molecule has 0 bridgehead atoms. The summed E-state index contributed by atoms with van der Waals surface area (Å²) >= 11 is 0. The molecule has 1 rings (SSSR count). The minimum absolute atomic E-state index is 0.0219. The van der Waals surface area contributed by atoms with Gasteiger partial charge in [0.05, 0.1) is 23.1 Å². The van der Waals surface area contributed by atoms with Crippen LogP contribution in [0, 0.1) is 21.4 Å². The molecule has 0 fully saturated rings. The van der Waals surface area contributed by atoms with Crippen LogP contribution in [0.5, 0.6) is 0 Å².